The third-order valence-electron chi connectivity index (χ3n) is 3.12. The van der Waals surface area contributed by atoms with Crippen LogP contribution in [0.25, 0.3) is 0 Å². The number of rotatable bonds is 9. The molecule has 0 saturated heterocycles. The Hall–Kier alpha value is -2.71. The van der Waals surface area contributed by atoms with Crippen LogP contribution in [0.2, 0.25) is 0 Å². The first kappa shape index (κ1) is 17.1. The predicted octanol–water partition coefficient (Wildman–Crippen LogP) is 3.88. The zero-order chi connectivity index (χ0) is 17.3. The number of aromatic nitrogens is 3. The van der Waals surface area contributed by atoms with Gasteiger partial charge in [-0.2, -0.15) is 0 Å². The smallest absolute Gasteiger partial charge is 0.188 e. The minimum atomic E-state index is 0.515. The van der Waals surface area contributed by atoms with E-state index in [2.05, 4.69) is 20.3 Å². The molecular formula is C17H18N4O3S. The lowest BCUT2D eigenvalue weighted by atomic mass is 10.3. The molecule has 0 bridgehead atoms. The first-order valence-electron chi connectivity index (χ1n) is 7.71. The molecule has 3 aromatic heterocycles. The van der Waals surface area contributed by atoms with Crippen molar-refractivity contribution in [2.75, 3.05) is 25.6 Å². The maximum atomic E-state index is 5.85. The van der Waals surface area contributed by atoms with Crippen molar-refractivity contribution in [1.82, 2.24) is 15.0 Å². The van der Waals surface area contributed by atoms with E-state index in [9.17, 15) is 0 Å². The maximum absolute atomic E-state index is 5.85. The van der Waals surface area contributed by atoms with E-state index < -0.39 is 0 Å². The van der Waals surface area contributed by atoms with Crippen LogP contribution < -0.4 is 14.8 Å². The van der Waals surface area contributed by atoms with E-state index >= 15 is 0 Å². The molecule has 0 amide bonds. The molecular weight excluding hydrogens is 340 g/mol. The predicted molar refractivity (Wildman–Crippen MR) is 95.9 cm³/mol. The van der Waals surface area contributed by atoms with Gasteiger partial charge in [-0.3, -0.25) is 4.98 Å². The van der Waals surface area contributed by atoms with Crippen LogP contribution in [-0.2, 0) is 4.74 Å². The molecule has 130 valence electrons. The number of anilines is 2. The van der Waals surface area contributed by atoms with Gasteiger partial charge in [0.1, 0.15) is 11.5 Å². The Kier molecular flexibility index (Phi) is 6.13. The molecule has 7 nitrogen and oxygen atoms in total. The molecule has 0 radical (unpaired) electrons. The maximum Gasteiger partial charge on any atom is 0.188 e. The Morgan fingerprint density at radius 3 is 2.72 bits per heavy atom. The Morgan fingerprint density at radius 2 is 1.96 bits per heavy atom. The van der Waals surface area contributed by atoms with Crippen LogP contribution in [0, 0.1) is 0 Å². The van der Waals surface area contributed by atoms with Gasteiger partial charge in [0.05, 0.1) is 12.8 Å². The third kappa shape index (κ3) is 5.13. The largest absolute Gasteiger partial charge is 0.489 e. The molecule has 1 N–H and O–H groups in total. The fourth-order valence-corrected chi connectivity index (χ4v) is 2.53. The van der Waals surface area contributed by atoms with Gasteiger partial charge in [-0.1, -0.05) is 0 Å². The number of ether oxygens (including phenoxy) is 3. The molecule has 3 aromatic rings. The number of nitrogens with zero attached hydrogens (tertiary/aromatic N) is 3. The van der Waals surface area contributed by atoms with Gasteiger partial charge >= 0.3 is 0 Å². The topological polar surface area (TPSA) is 78.4 Å². The van der Waals surface area contributed by atoms with Crippen LogP contribution in [0.1, 0.15) is 6.42 Å². The lowest BCUT2D eigenvalue weighted by molar-refractivity contribution is 0.172. The quantitative estimate of drug-likeness (QED) is 0.581. The summed E-state index contributed by atoms with van der Waals surface area (Å²) in [5, 5.41) is 5.80. The molecule has 0 aliphatic carbocycles. The minimum absolute atomic E-state index is 0.515. The molecule has 0 spiro atoms. The van der Waals surface area contributed by atoms with Crippen LogP contribution >= 0.6 is 11.3 Å². The Morgan fingerprint density at radius 1 is 1.08 bits per heavy atom. The van der Waals surface area contributed by atoms with Crippen molar-refractivity contribution in [2.24, 2.45) is 0 Å². The van der Waals surface area contributed by atoms with Crippen molar-refractivity contribution in [1.29, 1.82) is 0 Å². The van der Waals surface area contributed by atoms with Gasteiger partial charge in [0.25, 0.3) is 0 Å². The Labute approximate surface area is 149 Å². The fraction of sp³-hybridized carbons (Fsp3) is 0.235. The highest BCUT2D eigenvalue weighted by Gasteiger charge is 2.10. The third-order valence-corrected chi connectivity index (χ3v) is 3.81. The van der Waals surface area contributed by atoms with Crippen molar-refractivity contribution in [2.45, 2.75) is 6.42 Å². The number of nitrogens with one attached hydrogen (secondary N) is 1. The van der Waals surface area contributed by atoms with Crippen LogP contribution in [0.4, 0.5) is 10.9 Å². The average Bonchev–Trinajstić information content (AvgIpc) is 3.15. The SMILES string of the molecule is COCCCOc1cc(Oc2ccncc2)cnc1Nc1nccs1. The summed E-state index contributed by atoms with van der Waals surface area (Å²) in [6, 6.07) is 5.36. The fourth-order valence-electron chi connectivity index (χ4n) is 2.00. The van der Waals surface area contributed by atoms with Crippen LogP contribution in [0.5, 0.6) is 17.2 Å². The van der Waals surface area contributed by atoms with E-state index in [4.69, 9.17) is 14.2 Å². The van der Waals surface area contributed by atoms with Crippen LogP contribution in [-0.4, -0.2) is 35.3 Å². The van der Waals surface area contributed by atoms with E-state index in [0.29, 0.717) is 36.3 Å². The highest BCUT2D eigenvalue weighted by Crippen LogP contribution is 2.32. The van der Waals surface area contributed by atoms with Crippen molar-refractivity contribution in [3.05, 3.63) is 48.4 Å². The summed E-state index contributed by atoms with van der Waals surface area (Å²) in [4.78, 5) is 12.6. The van der Waals surface area contributed by atoms with E-state index in [-0.39, 0.29) is 0 Å². The lowest BCUT2D eigenvalue weighted by Crippen LogP contribution is -2.05. The summed E-state index contributed by atoms with van der Waals surface area (Å²) in [6.07, 6.45) is 7.49. The second kappa shape index (κ2) is 8.95. The van der Waals surface area contributed by atoms with Crippen molar-refractivity contribution in [3.8, 4) is 17.2 Å². The van der Waals surface area contributed by atoms with Gasteiger partial charge in [-0.25, -0.2) is 9.97 Å². The first-order valence-corrected chi connectivity index (χ1v) is 8.59. The Bertz CT molecular complexity index is 769. The molecule has 0 saturated carbocycles. The number of hydrogen-bond acceptors (Lipinski definition) is 8. The number of pyridine rings is 2. The molecule has 0 aromatic carbocycles. The number of thiazole rings is 1. The number of methoxy groups -OCH3 is 1. The Balaban J connectivity index is 1.76. The van der Waals surface area contributed by atoms with Crippen molar-refractivity contribution in [3.63, 3.8) is 0 Å². The summed E-state index contributed by atoms with van der Waals surface area (Å²) in [5.41, 5.74) is 0. The van der Waals surface area contributed by atoms with Crippen molar-refractivity contribution >= 4 is 22.3 Å². The molecule has 0 atom stereocenters. The molecule has 25 heavy (non-hydrogen) atoms. The molecule has 3 heterocycles. The highest BCUT2D eigenvalue weighted by molar-refractivity contribution is 7.13. The van der Waals surface area contributed by atoms with E-state index in [1.807, 2.05) is 5.38 Å². The normalized spacial score (nSPS) is 10.4. The van der Waals surface area contributed by atoms with Gasteiger partial charge in [-0.05, 0) is 12.1 Å². The lowest BCUT2D eigenvalue weighted by Gasteiger charge is -2.13. The van der Waals surface area contributed by atoms with Gasteiger partial charge in [-0.15, -0.1) is 11.3 Å². The summed E-state index contributed by atoms with van der Waals surface area (Å²) < 4.78 is 16.7. The monoisotopic (exact) mass is 358 g/mol. The van der Waals surface area contributed by atoms with Gasteiger partial charge in [0.15, 0.2) is 16.7 Å². The van der Waals surface area contributed by atoms with Crippen molar-refractivity contribution < 1.29 is 14.2 Å². The van der Waals surface area contributed by atoms with Gasteiger partial charge in [0, 0.05) is 50.2 Å². The zero-order valence-corrected chi connectivity index (χ0v) is 14.5. The molecule has 0 aliphatic rings. The zero-order valence-electron chi connectivity index (χ0n) is 13.7. The summed E-state index contributed by atoms with van der Waals surface area (Å²) in [5.74, 6) is 2.45. The summed E-state index contributed by atoms with van der Waals surface area (Å²) in [7, 11) is 1.67. The standard InChI is InChI=1S/C17H18N4O3S/c1-22-8-2-9-23-15-11-14(24-13-3-5-18-6-4-13)12-20-16(15)21-17-19-7-10-25-17/h3-7,10-12H,2,8-9H2,1H3,(H,19,20,21). The van der Waals surface area contributed by atoms with E-state index in [0.717, 1.165) is 11.6 Å². The van der Waals surface area contributed by atoms with Gasteiger partial charge < -0.3 is 19.5 Å². The highest BCUT2D eigenvalue weighted by atomic mass is 32.1. The van der Waals surface area contributed by atoms with Gasteiger partial charge in [0.2, 0.25) is 0 Å². The van der Waals surface area contributed by atoms with E-state index in [1.165, 1.54) is 11.3 Å². The number of hydrogen-bond donors (Lipinski definition) is 1. The molecule has 0 unspecified atom stereocenters. The molecule has 0 fully saturated rings. The average molecular weight is 358 g/mol. The second-order valence-corrected chi connectivity index (χ2v) is 5.85. The second-order valence-electron chi connectivity index (χ2n) is 4.96. The molecule has 3 rings (SSSR count). The summed E-state index contributed by atoms with van der Waals surface area (Å²) in [6.45, 7) is 1.15. The first-order chi connectivity index (χ1) is 12.3. The van der Waals surface area contributed by atoms with Crippen LogP contribution in [0.15, 0.2) is 48.4 Å². The molecule has 0 aliphatic heterocycles. The summed E-state index contributed by atoms with van der Waals surface area (Å²) >= 11 is 1.49. The minimum Gasteiger partial charge on any atom is -0.489 e. The molecule has 8 heteroatoms. The van der Waals surface area contributed by atoms with E-state index in [1.54, 1.807) is 50.1 Å². The van der Waals surface area contributed by atoms with Crippen LogP contribution in [0.3, 0.4) is 0 Å².